The van der Waals surface area contributed by atoms with Crippen LogP contribution in [0.2, 0.25) is 0 Å². The molecular weight excluding hydrogens is 270 g/mol. The number of rotatable bonds is 7. The quantitative estimate of drug-likeness (QED) is 0.606. The van der Waals surface area contributed by atoms with Gasteiger partial charge in [0.15, 0.2) is 0 Å². The van der Waals surface area contributed by atoms with Crippen molar-refractivity contribution in [2.24, 2.45) is 5.73 Å². The van der Waals surface area contributed by atoms with Crippen LogP contribution in [-0.2, 0) is 6.54 Å². The van der Waals surface area contributed by atoms with Crippen LogP contribution >= 0.6 is 0 Å². The van der Waals surface area contributed by atoms with Crippen LogP contribution in [-0.4, -0.2) is 29.2 Å². The van der Waals surface area contributed by atoms with Crippen molar-refractivity contribution in [3.8, 4) is 0 Å². The van der Waals surface area contributed by atoms with E-state index in [2.05, 4.69) is 10.6 Å². The summed E-state index contributed by atoms with van der Waals surface area (Å²) in [6.07, 6.45) is 1.17. The van der Waals surface area contributed by atoms with E-state index in [9.17, 15) is 14.7 Å². The minimum Gasteiger partial charge on any atom is -0.388 e. The average molecular weight is 293 g/mol. The van der Waals surface area contributed by atoms with Crippen LogP contribution in [0, 0.1) is 0 Å². The number of carbonyl (C=O) groups excluding carboxylic acids is 2. The zero-order valence-corrected chi connectivity index (χ0v) is 12.5. The summed E-state index contributed by atoms with van der Waals surface area (Å²) in [4.78, 5) is 22.6. The smallest absolute Gasteiger partial charge is 0.312 e. The first kappa shape index (κ1) is 17.0. The highest BCUT2D eigenvalue weighted by atomic mass is 16.3. The second-order valence-electron chi connectivity index (χ2n) is 5.03. The number of benzene rings is 1. The molecule has 0 saturated heterocycles. The molecule has 0 aromatic heterocycles. The van der Waals surface area contributed by atoms with E-state index in [1.54, 1.807) is 24.3 Å². The molecule has 0 aliphatic carbocycles. The Balaban J connectivity index is 2.57. The van der Waals surface area contributed by atoms with Crippen molar-refractivity contribution in [3.63, 3.8) is 0 Å². The summed E-state index contributed by atoms with van der Waals surface area (Å²) >= 11 is 0. The molecule has 6 nitrogen and oxygen atoms in total. The van der Waals surface area contributed by atoms with Crippen molar-refractivity contribution in [2.45, 2.75) is 38.8 Å². The number of hydrogen-bond acceptors (Lipinski definition) is 3. The summed E-state index contributed by atoms with van der Waals surface area (Å²) in [6.45, 7) is 4.32. The van der Waals surface area contributed by atoms with Crippen molar-refractivity contribution in [2.75, 3.05) is 6.54 Å². The summed E-state index contributed by atoms with van der Waals surface area (Å²) in [6, 6.07) is 6.25. The molecule has 0 heterocycles. The van der Waals surface area contributed by atoms with Gasteiger partial charge in [-0.05, 0) is 30.5 Å². The standard InChI is InChI=1S/C15H23N3O3/c1-3-15(21,4-2)10-18-13(19)12-7-5-11(6-8-12)9-17-14(16)20/h5-8,21H,3-4,9-10H2,1-2H3,(H,18,19)(H3,16,17,20). The Bertz CT molecular complexity index is 481. The third-order valence-electron chi connectivity index (χ3n) is 3.58. The van der Waals surface area contributed by atoms with Gasteiger partial charge in [0.05, 0.1) is 5.60 Å². The molecule has 3 amide bonds. The Morgan fingerprint density at radius 1 is 1.14 bits per heavy atom. The first-order valence-corrected chi connectivity index (χ1v) is 7.03. The minimum atomic E-state index is -0.860. The van der Waals surface area contributed by atoms with Gasteiger partial charge >= 0.3 is 6.03 Å². The lowest BCUT2D eigenvalue weighted by Crippen LogP contribution is -2.42. The molecule has 0 atom stereocenters. The van der Waals surface area contributed by atoms with E-state index in [-0.39, 0.29) is 12.5 Å². The van der Waals surface area contributed by atoms with Crippen LogP contribution in [0.15, 0.2) is 24.3 Å². The molecule has 1 rings (SSSR count). The molecule has 0 radical (unpaired) electrons. The molecule has 0 unspecified atom stereocenters. The van der Waals surface area contributed by atoms with Gasteiger partial charge in [-0.3, -0.25) is 4.79 Å². The highest BCUT2D eigenvalue weighted by Crippen LogP contribution is 2.13. The molecule has 0 aliphatic heterocycles. The van der Waals surface area contributed by atoms with Crippen LogP contribution in [0.5, 0.6) is 0 Å². The normalized spacial score (nSPS) is 11.0. The molecule has 21 heavy (non-hydrogen) atoms. The monoisotopic (exact) mass is 293 g/mol. The van der Waals surface area contributed by atoms with E-state index in [1.807, 2.05) is 13.8 Å². The zero-order chi connectivity index (χ0) is 15.9. The molecule has 116 valence electrons. The summed E-state index contributed by atoms with van der Waals surface area (Å²) in [5.74, 6) is -0.232. The van der Waals surface area contributed by atoms with Crippen molar-refractivity contribution < 1.29 is 14.7 Å². The number of carbonyl (C=O) groups is 2. The number of nitrogens with one attached hydrogen (secondary N) is 2. The van der Waals surface area contributed by atoms with Crippen LogP contribution < -0.4 is 16.4 Å². The fourth-order valence-electron chi connectivity index (χ4n) is 1.81. The Morgan fingerprint density at radius 3 is 2.19 bits per heavy atom. The van der Waals surface area contributed by atoms with Crippen molar-refractivity contribution in [3.05, 3.63) is 35.4 Å². The van der Waals surface area contributed by atoms with Gasteiger partial charge in [0.1, 0.15) is 0 Å². The number of primary amides is 1. The molecule has 0 fully saturated rings. The summed E-state index contributed by atoms with van der Waals surface area (Å²) in [5.41, 5.74) is 5.48. The van der Waals surface area contributed by atoms with Gasteiger partial charge < -0.3 is 21.5 Å². The second-order valence-corrected chi connectivity index (χ2v) is 5.03. The van der Waals surface area contributed by atoms with E-state index in [4.69, 9.17) is 5.73 Å². The third kappa shape index (κ3) is 5.43. The molecule has 0 spiro atoms. The van der Waals surface area contributed by atoms with E-state index >= 15 is 0 Å². The van der Waals surface area contributed by atoms with Gasteiger partial charge in [-0.15, -0.1) is 0 Å². The fraction of sp³-hybridized carbons (Fsp3) is 0.467. The summed E-state index contributed by atoms with van der Waals surface area (Å²) in [7, 11) is 0. The van der Waals surface area contributed by atoms with Crippen LogP contribution in [0.25, 0.3) is 0 Å². The zero-order valence-electron chi connectivity index (χ0n) is 12.5. The average Bonchev–Trinajstić information content (AvgIpc) is 2.50. The maximum atomic E-state index is 12.0. The number of amides is 3. The highest BCUT2D eigenvalue weighted by Gasteiger charge is 2.22. The molecule has 1 aromatic rings. The number of aliphatic hydroxyl groups is 1. The Kier molecular flexibility index (Phi) is 6.17. The molecule has 5 N–H and O–H groups in total. The Morgan fingerprint density at radius 2 is 1.71 bits per heavy atom. The topological polar surface area (TPSA) is 104 Å². The molecule has 0 aliphatic rings. The lowest BCUT2D eigenvalue weighted by Gasteiger charge is -2.25. The molecule has 6 heteroatoms. The van der Waals surface area contributed by atoms with Gasteiger partial charge in [0.25, 0.3) is 5.91 Å². The Hall–Kier alpha value is -2.08. The van der Waals surface area contributed by atoms with Gasteiger partial charge in [0.2, 0.25) is 0 Å². The van der Waals surface area contributed by atoms with Crippen molar-refractivity contribution >= 4 is 11.9 Å². The van der Waals surface area contributed by atoms with Crippen LogP contribution in [0.1, 0.15) is 42.6 Å². The SMILES string of the molecule is CCC(O)(CC)CNC(=O)c1ccc(CNC(N)=O)cc1. The van der Waals surface area contributed by atoms with Gasteiger partial charge in [-0.2, -0.15) is 0 Å². The van der Waals surface area contributed by atoms with Gasteiger partial charge in [-0.1, -0.05) is 26.0 Å². The first-order chi connectivity index (χ1) is 9.90. The summed E-state index contributed by atoms with van der Waals surface area (Å²) < 4.78 is 0. The fourth-order valence-corrected chi connectivity index (χ4v) is 1.81. The van der Waals surface area contributed by atoms with Crippen LogP contribution in [0.3, 0.4) is 0 Å². The van der Waals surface area contributed by atoms with E-state index in [0.717, 1.165) is 5.56 Å². The van der Waals surface area contributed by atoms with E-state index in [1.165, 1.54) is 0 Å². The molecule has 1 aromatic carbocycles. The predicted molar refractivity (Wildman–Crippen MR) is 80.7 cm³/mol. The molecular formula is C15H23N3O3. The molecule has 0 saturated carbocycles. The highest BCUT2D eigenvalue weighted by molar-refractivity contribution is 5.94. The third-order valence-corrected chi connectivity index (χ3v) is 3.58. The largest absolute Gasteiger partial charge is 0.388 e. The maximum Gasteiger partial charge on any atom is 0.312 e. The number of hydrogen-bond donors (Lipinski definition) is 4. The summed E-state index contributed by atoms with van der Waals surface area (Å²) in [5, 5.41) is 15.3. The van der Waals surface area contributed by atoms with Crippen molar-refractivity contribution in [1.29, 1.82) is 0 Å². The minimum absolute atomic E-state index is 0.226. The van der Waals surface area contributed by atoms with E-state index in [0.29, 0.717) is 24.9 Å². The second kappa shape index (κ2) is 7.64. The van der Waals surface area contributed by atoms with Gasteiger partial charge in [0, 0.05) is 18.7 Å². The van der Waals surface area contributed by atoms with Gasteiger partial charge in [-0.25, -0.2) is 4.79 Å². The predicted octanol–water partition coefficient (Wildman–Crippen LogP) is 1.14. The lowest BCUT2D eigenvalue weighted by atomic mass is 9.97. The number of nitrogens with two attached hydrogens (primary N) is 1. The van der Waals surface area contributed by atoms with Crippen LogP contribution in [0.4, 0.5) is 4.79 Å². The van der Waals surface area contributed by atoms with E-state index < -0.39 is 11.6 Å². The maximum absolute atomic E-state index is 12.0. The Labute approximate surface area is 124 Å². The first-order valence-electron chi connectivity index (χ1n) is 7.03. The molecule has 0 bridgehead atoms. The number of urea groups is 1. The van der Waals surface area contributed by atoms with Crippen molar-refractivity contribution in [1.82, 2.24) is 10.6 Å². The lowest BCUT2D eigenvalue weighted by molar-refractivity contribution is 0.0314.